The van der Waals surface area contributed by atoms with Gasteiger partial charge in [-0.15, -0.1) is 10.2 Å². The molecule has 1 fully saturated rings. The van der Waals surface area contributed by atoms with Crippen molar-refractivity contribution in [3.05, 3.63) is 90.1 Å². The van der Waals surface area contributed by atoms with Crippen LogP contribution in [0.5, 0.6) is 5.75 Å². The number of aromatic nitrogens is 3. The third-order valence-corrected chi connectivity index (χ3v) is 7.31. The number of carbonyl (C=O) groups is 1. The van der Waals surface area contributed by atoms with E-state index < -0.39 is 0 Å². The number of nitrogens with zero attached hydrogens (tertiary/aromatic N) is 5. The summed E-state index contributed by atoms with van der Waals surface area (Å²) in [6.07, 6.45) is 4.44. The van der Waals surface area contributed by atoms with E-state index in [4.69, 9.17) is 14.3 Å². The summed E-state index contributed by atoms with van der Waals surface area (Å²) in [6.45, 7) is 0. The number of benzene rings is 2. The van der Waals surface area contributed by atoms with Gasteiger partial charge in [0.05, 0.1) is 24.8 Å². The van der Waals surface area contributed by atoms with Crippen molar-refractivity contribution in [2.45, 2.75) is 36.4 Å². The van der Waals surface area contributed by atoms with Gasteiger partial charge >= 0.3 is 0 Å². The van der Waals surface area contributed by atoms with Crippen molar-refractivity contribution in [2.75, 3.05) is 12.9 Å². The number of hydrogen-bond acceptors (Lipinski definition) is 7. The number of carbonyl (C=O) groups excluding carboxylic acids is 1. The number of para-hydroxylation sites is 1. The lowest BCUT2D eigenvalue weighted by Gasteiger charge is -2.19. The van der Waals surface area contributed by atoms with Crippen LogP contribution in [-0.4, -0.2) is 44.3 Å². The van der Waals surface area contributed by atoms with E-state index in [0.29, 0.717) is 23.3 Å². The smallest absolute Gasteiger partial charge is 0.253 e. The van der Waals surface area contributed by atoms with E-state index in [-0.39, 0.29) is 17.7 Å². The third kappa shape index (κ3) is 4.42. The Bertz CT molecular complexity index is 1380. The Kier molecular flexibility index (Phi) is 6.06. The van der Waals surface area contributed by atoms with Gasteiger partial charge in [0.2, 0.25) is 0 Å². The molecule has 2 aromatic heterocycles. The fourth-order valence-corrected chi connectivity index (χ4v) is 5.20. The molecule has 2 aromatic carbocycles. The van der Waals surface area contributed by atoms with Crippen molar-refractivity contribution in [3.8, 4) is 11.4 Å². The van der Waals surface area contributed by atoms with Gasteiger partial charge in [0.15, 0.2) is 5.16 Å². The largest absolute Gasteiger partial charge is 0.497 e. The number of hydrogen-bond donors (Lipinski definition) is 0. The molecule has 0 radical (unpaired) electrons. The van der Waals surface area contributed by atoms with Crippen LogP contribution < -0.4 is 4.74 Å². The first kappa shape index (κ1) is 22.6. The van der Waals surface area contributed by atoms with Gasteiger partial charge in [-0.3, -0.25) is 9.36 Å². The minimum atomic E-state index is -0.292. The monoisotopic (exact) mass is 499 g/mol. The Morgan fingerprint density at radius 2 is 1.86 bits per heavy atom. The summed E-state index contributed by atoms with van der Waals surface area (Å²) >= 11 is 1.39. The fourth-order valence-electron chi connectivity index (χ4n) is 4.39. The molecule has 0 spiro atoms. The Morgan fingerprint density at radius 3 is 2.56 bits per heavy atom. The van der Waals surface area contributed by atoms with Gasteiger partial charge in [0.1, 0.15) is 23.4 Å². The second-order valence-corrected chi connectivity index (χ2v) is 9.77. The highest BCUT2D eigenvalue weighted by Crippen LogP contribution is 2.41. The van der Waals surface area contributed by atoms with Crippen LogP contribution in [0.25, 0.3) is 5.69 Å². The van der Waals surface area contributed by atoms with Gasteiger partial charge in [-0.1, -0.05) is 30.0 Å². The normalized spacial score (nSPS) is 17.3. The zero-order valence-electron chi connectivity index (χ0n) is 19.8. The van der Waals surface area contributed by atoms with E-state index >= 15 is 0 Å². The number of amides is 1. The molecule has 0 N–H and O–H groups in total. The van der Waals surface area contributed by atoms with Gasteiger partial charge in [-0.25, -0.2) is 5.01 Å². The predicted octanol–water partition coefficient (Wildman–Crippen LogP) is 5.22. The first-order chi connectivity index (χ1) is 17.7. The number of methoxy groups -OCH3 is 1. The minimum absolute atomic E-state index is 0.111. The molecule has 1 unspecified atom stereocenters. The van der Waals surface area contributed by atoms with E-state index in [1.165, 1.54) is 11.8 Å². The maximum absolute atomic E-state index is 13.5. The predicted molar refractivity (Wildman–Crippen MR) is 137 cm³/mol. The van der Waals surface area contributed by atoms with E-state index in [1.54, 1.807) is 18.4 Å². The van der Waals surface area contributed by atoms with Crippen LogP contribution in [0.1, 0.15) is 48.4 Å². The molecule has 4 aromatic rings. The van der Waals surface area contributed by atoms with E-state index in [0.717, 1.165) is 41.4 Å². The van der Waals surface area contributed by atoms with E-state index in [2.05, 4.69) is 14.8 Å². The fraction of sp³-hybridized carbons (Fsp3) is 0.259. The Morgan fingerprint density at radius 1 is 1.06 bits per heavy atom. The molecule has 1 saturated carbocycles. The number of furan rings is 1. The zero-order valence-corrected chi connectivity index (χ0v) is 20.6. The van der Waals surface area contributed by atoms with Crippen molar-refractivity contribution in [1.29, 1.82) is 0 Å². The summed E-state index contributed by atoms with van der Waals surface area (Å²) in [4.78, 5) is 13.5. The molecule has 182 valence electrons. The van der Waals surface area contributed by atoms with Crippen LogP contribution >= 0.6 is 11.8 Å². The molecule has 6 rings (SSSR count). The summed E-state index contributed by atoms with van der Waals surface area (Å²) in [6, 6.07) is 21.2. The van der Waals surface area contributed by atoms with Crippen molar-refractivity contribution in [1.82, 2.24) is 19.8 Å². The highest BCUT2D eigenvalue weighted by atomic mass is 32.2. The van der Waals surface area contributed by atoms with Crippen molar-refractivity contribution < 1.29 is 13.9 Å². The highest BCUT2D eigenvalue weighted by molar-refractivity contribution is 7.99. The van der Waals surface area contributed by atoms with Gasteiger partial charge in [-0.2, -0.15) is 5.10 Å². The summed E-state index contributed by atoms with van der Waals surface area (Å²) in [5, 5.41) is 15.9. The second kappa shape index (κ2) is 9.66. The molecule has 1 aliphatic carbocycles. The van der Waals surface area contributed by atoms with Crippen molar-refractivity contribution in [2.24, 2.45) is 5.10 Å². The molecular formula is C27H25N5O3S. The van der Waals surface area contributed by atoms with Crippen molar-refractivity contribution in [3.63, 3.8) is 0 Å². The summed E-state index contributed by atoms with van der Waals surface area (Å²) in [5.41, 5.74) is 2.79. The number of ether oxygens (including phenoxy) is 1. The van der Waals surface area contributed by atoms with Gasteiger partial charge in [0, 0.05) is 18.0 Å². The van der Waals surface area contributed by atoms with Crippen LogP contribution in [0.2, 0.25) is 0 Å². The highest BCUT2D eigenvalue weighted by Gasteiger charge is 2.35. The van der Waals surface area contributed by atoms with Gasteiger partial charge in [0.25, 0.3) is 5.91 Å². The number of hydrazone groups is 1. The van der Waals surface area contributed by atoms with Crippen LogP contribution in [0.15, 0.2) is 87.7 Å². The standard InChI is InChI=1S/C27H25N5O3S/c1-34-21-13-11-18(12-14-21)22-16-23(24-8-5-15-35-24)32(30-22)25(33)17-36-27-29-28-26(19-9-10-19)31(27)20-6-3-2-4-7-20/h2-8,11-15,19,23H,9-10,16-17H2,1H3. The van der Waals surface area contributed by atoms with E-state index in [9.17, 15) is 4.79 Å². The lowest BCUT2D eigenvalue weighted by molar-refractivity contribution is -0.130. The average Bonchev–Trinajstić information content (AvgIpc) is 3.30. The number of thioether (sulfide) groups is 1. The van der Waals surface area contributed by atoms with Crippen LogP contribution in [0.4, 0.5) is 0 Å². The molecule has 1 atom stereocenters. The first-order valence-corrected chi connectivity index (χ1v) is 12.9. The molecule has 36 heavy (non-hydrogen) atoms. The molecule has 1 amide bonds. The molecule has 8 nitrogen and oxygen atoms in total. The van der Waals surface area contributed by atoms with Crippen LogP contribution in [0, 0.1) is 0 Å². The molecular weight excluding hydrogens is 474 g/mol. The maximum Gasteiger partial charge on any atom is 0.253 e. The number of rotatable bonds is 8. The molecule has 0 saturated heterocycles. The lowest BCUT2D eigenvalue weighted by atomic mass is 10.0. The minimum Gasteiger partial charge on any atom is -0.497 e. The van der Waals surface area contributed by atoms with Crippen molar-refractivity contribution >= 4 is 23.4 Å². The molecule has 1 aliphatic heterocycles. The Balaban J connectivity index is 1.25. The molecule has 3 heterocycles. The van der Waals surface area contributed by atoms with Gasteiger partial charge in [-0.05, 0) is 66.9 Å². The van der Waals surface area contributed by atoms with E-state index in [1.807, 2.05) is 66.7 Å². The zero-order chi connectivity index (χ0) is 24.5. The average molecular weight is 500 g/mol. The first-order valence-electron chi connectivity index (χ1n) is 11.9. The molecule has 0 bridgehead atoms. The third-order valence-electron chi connectivity index (χ3n) is 6.40. The second-order valence-electron chi connectivity index (χ2n) is 8.82. The Hall–Kier alpha value is -3.85. The lowest BCUT2D eigenvalue weighted by Crippen LogP contribution is -2.28. The van der Waals surface area contributed by atoms with Gasteiger partial charge < -0.3 is 9.15 Å². The topological polar surface area (TPSA) is 85.8 Å². The van der Waals surface area contributed by atoms with Crippen LogP contribution in [-0.2, 0) is 4.79 Å². The molecule has 2 aliphatic rings. The summed E-state index contributed by atoms with van der Waals surface area (Å²) < 4.78 is 13.0. The maximum atomic E-state index is 13.5. The summed E-state index contributed by atoms with van der Waals surface area (Å²) in [7, 11) is 1.64. The van der Waals surface area contributed by atoms with Crippen LogP contribution in [0.3, 0.4) is 0 Å². The summed E-state index contributed by atoms with van der Waals surface area (Å²) in [5.74, 6) is 2.96. The quantitative estimate of drug-likeness (QED) is 0.309. The SMILES string of the molecule is COc1ccc(C2=NN(C(=O)CSc3nnc(C4CC4)n3-c3ccccc3)C(c3ccco3)C2)cc1. The molecule has 9 heteroatoms. The Labute approximate surface area is 213 Å².